The fourth-order valence-electron chi connectivity index (χ4n) is 4.00. The Labute approximate surface area is 210 Å². The van der Waals surface area contributed by atoms with E-state index in [1.54, 1.807) is 0 Å². The number of alkyl halides is 3. The van der Waals surface area contributed by atoms with Crippen LogP contribution in [0.1, 0.15) is 56.6 Å². The molecule has 0 aliphatic carbocycles. The smallest absolute Gasteiger partial charge is 0.341 e. The lowest BCUT2D eigenvalue weighted by atomic mass is 10.1. The van der Waals surface area contributed by atoms with E-state index in [2.05, 4.69) is 9.97 Å². The van der Waals surface area contributed by atoms with E-state index in [-0.39, 0.29) is 41.9 Å². The van der Waals surface area contributed by atoms with Gasteiger partial charge in [-0.3, -0.25) is 18.7 Å². The first-order chi connectivity index (χ1) is 17.0. The summed E-state index contributed by atoms with van der Waals surface area (Å²) < 4.78 is 41.3. The standard InChI is InChI=1S/C24H29ClF3N5O3/c1-3-4-6-12-32-20-19(29-22(25)30-20)21(35)33(23(32)36)13-7-5-11-18(34)31(2)15-16-9-8-10-17(14-16)24(26,27)28/h8-10,14H,3-7,11-13,15H2,1-2H3,(H,29,30). The number of hydrogen-bond donors (Lipinski definition) is 1. The summed E-state index contributed by atoms with van der Waals surface area (Å²) in [5, 5.41) is 0.0258. The predicted octanol–water partition coefficient (Wildman–Crippen LogP) is 4.58. The molecule has 36 heavy (non-hydrogen) atoms. The molecule has 1 N–H and O–H groups in total. The van der Waals surface area contributed by atoms with E-state index >= 15 is 0 Å². The maximum absolute atomic E-state index is 13.0. The van der Waals surface area contributed by atoms with E-state index in [0.717, 1.165) is 36.0 Å². The summed E-state index contributed by atoms with van der Waals surface area (Å²) in [7, 11) is 1.53. The second kappa shape index (κ2) is 11.8. The van der Waals surface area contributed by atoms with Crippen LogP contribution in [0, 0.1) is 0 Å². The van der Waals surface area contributed by atoms with Gasteiger partial charge in [0, 0.05) is 33.1 Å². The number of fused-ring (bicyclic) bond motifs is 1. The highest BCUT2D eigenvalue weighted by Gasteiger charge is 2.30. The van der Waals surface area contributed by atoms with Crippen molar-refractivity contribution in [2.45, 2.75) is 71.3 Å². The SMILES string of the molecule is CCCCCn1c(=O)n(CCCCC(=O)N(C)Cc2cccc(C(F)(F)F)c2)c(=O)c2[nH]c(Cl)nc21. The van der Waals surface area contributed by atoms with Gasteiger partial charge in [-0.15, -0.1) is 0 Å². The molecule has 0 aliphatic heterocycles. The Balaban J connectivity index is 1.62. The molecule has 0 spiro atoms. The van der Waals surface area contributed by atoms with E-state index in [9.17, 15) is 27.6 Å². The number of aromatic nitrogens is 4. The molecular weight excluding hydrogens is 499 g/mol. The first-order valence-electron chi connectivity index (χ1n) is 11.8. The summed E-state index contributed by atoms with van der Waals surface area (Å²) in [5.41, 5.74) is -0.986. The molecule has 1 aromatic carbocycles. The zero-order valence-corrected chi connectivity index (χ0v) is 21.0. The maximum Gasteiger partial charge on any atom is 0.416 e. The molecule has 12 heteroatoms. The molecule has 0 unspecified atom stereocenters. The van der Waals surface area contributed by atoms with Gasteiger partial charge in [0.15, 0.2) is 11.2 Å². The summed E-state index contributed by atoms with van der Waals surface area (Å²) in [6.07, 6.45) is -0.893. The van der Waals surface area contributed by atoms with E-state index < -0.39 is 23.0 Å². The summed E-state index contributed by atoms with van der Waals surface area (Å²) in [6, 6.07) is 4.86. The fourth-order valence-corrected chi connectivity index (χ4v) is 4.18. The first-order valence-corrected chi connectivity index (χ1v) is 12.2. The lowest BCUT2D eigenvalue weighted by Crippen LogP contribution is -2.40. The molecule has 0 saturated carbocycles. The van der Waals surface area contributed by atoms with E-state index in [4.69, 9.17) is 11.6 Å². The lowest BCUT2D eigenvalue weighted by Gasteiger charge is -2.18. The van der Waals surface area contributed by atoms with Crippen LogP contribution in [0.25, 0.3) is 11.2 Å². The Morgan fingerprint density at radius 2 is 1.81 bits per heavy atom. The third-order valence-corrected chi connectivity index (χ3v) is 6.12. The molecule has 1 amide bonds. The average Bonchev–Trinajstić information content (AvgIpc) is 3.21. The molecule has 2 aromatic heterocycles. The number of halogens is 4. The molecule has 0 aliphatic rings. The van der Waals surface area contributed by atoms with Crippen LogP contribution in [0.2, 0.25) is 5.28 Å². The number of unbranched alkanes of at least 4 members (excludes halogenated alkanes) is 3. The van der Waals surface area contributed by atoms with E-state index in [1.807, 2.05) is 6.92 Å². The highest BCUT2D eigenvalue weighted by molar-refractivity contribution is 6.28. The molecule has 0 bridgehead atoms. The van der Waals surface area contributed by atoms with Gasteiger partial charge in [-0.05, 0) is 48.6 Å². The highest BCUT2D eigenvalue weighted by atomic mass is 35.5. The van der Waals surface area contributed by atoms with Gasteiger partial charge in [-0.25, -0.2) is 4.79 Å². The van der Waals surface area contributed by atoms with Crippen molar-refractivity contribution >= 4 is 28.7 Å². The number of H-pyrrole nitrogens is 1. The molecule has 0 radical (unpaired) electrons. The predicted molar refractivity (Wildman–Crippen MR) is 131 cm³/mol. The number of hydrogen-bond acceptors (Lipinski definition) is 4. The third-order valence-electron chi connectivity index (χ3n) is 5.94. The number of amides is 1. The summed E-state index contributed by atoms with van der Waals surface area (Å²) in [6.45, 7) is 2.61. The van der Waals surface area contributed by atoms with Gasteiger partial charge >= 0.3 is 11.9 Å². The monoisotopic (exact) mass is 527 g/mol. The van der Waals surface area contributed by atoms with Crippen LogP contribution < -0.4 is 11.2 Å². The van der Waals surface area contributed by atoms with Crippen LogP contribution in [-0.2, 0) is 30.6 Å². The average molecular weight is 528 g/mol. The lowest BCUT2D eigenvalue weighted by molar-refractivity contribution is -0.137. The molecular formula is C24H29ClF3N5O3. The van der Waals surface area contributed by atoms with Gasteiger partial charge in [0.1, 0.15) is 0 Å². The topological polar surface area (TPSA) is 93.0 Å². The van der Waals surface area contributed by atoms with Crippen molar-refractivity contribution in [3.63, 3.8) is 0 Å². The molecule has 0 fully saturated rings. The van der Waals surface area contributed by atoms with Crippen LogP contribution >= 0.6 is 11.6 Å². The zero-order valence-electron chi connectivity index (χ0n) is 20.2. The number of carbonyl (C=O) groups is 1. The minimum Gasteiger partial charge on any atom is -0.341 e. The van der Waals surface area contributed by atoms with Gasteiger partial charge in [0.05, 0.1) is 5.56 Å². The van der Waals surface area contributed by atoms with Crippen LogP contribution in [0.3, 0.4) is 0 Å². The number of aromatic amines is 1. The summed E-state index contributed by atoms with van der Waals surface area (Å²) in [4.78, 5) is 46.5. The van der Waals surface area contributed by atoms with Gasteiger partial charge in [0.25, 0.3) is 5.56 Å². The van der Waals surface area contributed by atoms with Crippen LogP contribution in [0.15, 0.2) is 33.9 Å². The minimum absolute atomic E-state index is 0.0258. The molecule has 3 rings (SSSR count). The highest BCUT2D eigenvalue weighted by Crippen LogP contribution is 2.29. The summed E-state index contributed by atoms with van der Waals surface area (Å²) >= 11 is 5.95. The first kappa shape index (κ1) is 27.5. The van der Waals surface area contributed by atoms with Crippen LogP contribution in [0.5, 0.6) is 0 Å². The van der Waals surface area contributed by atoms with Crippen molar-refractivity contribution in [3.05, 3.63) is 61.5 Å². The quantitative estimate of drug-likeness (QED) is 0.292. The number of nitrogens with one attached hydrogen (secondary N) is 1. The number of aryl methyl sites for hydroxylation is 1. The number of carbonyl (C=O) groups excluding carboxylic acids is 1. The van der Waals surface area contributed by atoms with Crippen molar-refractivity contribution in [3.8, 4) is 0 Å². The van der Waals surface area contributed by atoms with Gasteiger partial charge in [-0.2, -0.15) is 18.2 Å². The van der Waals surface area contributed by atoms with Gasteiger partial charge in [0.2, 0.25) is 11.2 Å². The second-order valence-electron chi connectivity index (χ2n) is 8.73. The molecule has 196 valence electrons. The Kier molecular flexibility index (Phi) is 8.99. The van der Waals surface area contributed by atoms with E-state index in [1.165, 1.54) is 28.6 Å². The second-order valence-corrected chi connectivity index (χ2v) is 9.09. The summed E-state index contributed by atoms with van der Waals surface area (Å²) in [5.74, 6) is -0.243. The number of imidazole rings is 1. The Morgan fingerprint density at radius 1 is 1.11 bits per heavy atom. The normalized spacial score (nSPS) is 11.8. The Hall–Kier alpha value is -3.08. The van der Waals surface area contributed by atoms with Crippen molar-refractivity contribution in [2.75, 3.05) is 7.05 Å². The third kappa shape index (κ3) is 6.57. The molecule has 3 aromatic rings. The maximum atomic E-state index is 13.0. The number of rotatable bonds is 11. The van der Waals surface area contributed by atoms with Crippen LogP contribution in [0.4, 0.5) is 13.2 Å². The Bertz CT molecular complexity index is 1330. The molecule has 0 atom stereocenters. The fraction of sp³-hybridized carbons (Fsp3) is 0.500. The largest absolute Gasteiger partial charge is 0.416 e. The van der Waals surface area contributed by atoms with Crippen molar-refractivity contribution < 1.29 is 18.0 Å². The van der Waals surface area contributed by atoms with Gasteiger partial charge in [-0.1, -0.05) is 31.9 Å². The molecule has 2 heterocycles. The van der Waals surface area contributed by atoms with Gasteiger partial charge < -0.3 is 9.88 Å². The zero-order chi connectivity index (χ0) is 26.5. The van der Waals surface area contributed by atoms with Crippen molar-refractivity contribution in [1.29, 1.82) is 0 Å². The van der Waals surface area contributed by atoms with E-state index in [0.29, 0.717) is 24.9 Å². The molecule has 0 saturated heterocycles. The van der Waals surface area contributed by atoms with Crippen molar-refractivity contribution in [2.24, 2.45) is 0 Å². The number of benzene rings is 1. The minimum atomic E-state index is -4.45. The number of nitrogens with zero attached hydrogens (tertiary/aromatic N) is 4. The van der Waals surface area contributed by atoms with Crippen LogP contribution in [-0.4, -0.2) is 37.0 Å². The molecule has 8 nitrogen and oxygen atoms in total. The van der Waals surface area contributed by atoms with Crippen molar-refractivity contribution in [1.82, 2.24) is 24.0 Å². The Morgan fingerprint density at radius 3 is 2.50 bits per heavy atom.